The SMILES string of the molecule is N#Cc1ccc(C(=O)C=O)cc1Cl. The fraction of sp³-hybridized carbons (Fsp3) is 0. The molecule has 0 radical (unpaired) electrons. The van der Waals surface area contributed by atoms with Crippen LogP contribution in [0.25, 0.3) is 0 Å². The fourth-order valence-electron chi connectivity index (χ4n) is 0.827. The molecule has 3 nitrogen and oxygen atoms in total. The van der Waals surface area contributed by atoms with Gasteiger partial charge in [0.15, 0.2) is 6.29 Å². The molecule has 0 saturated heterocycles. The Morgan fingerprint density at radius 3 is 2.69 bits per heavy atom. The van der Waals surface area contributed by atoms with E-state index in [1.54, 1.807) is 0 Å². The van der Waals surface area contributed by atoms with Crippen molar-refractivity contribution in [3.05, 3.63) is 34.3 Å². The third-order valence-electron chi connectivity index (χ3n) is 1.48. The third-order valence-corrected chi connectivity index (χ3v) is 1.79. The Morgan fingerprint density at radius 1 is 1.54 bits per heavy atom. The van der Waals surface area contributed by atoms with Crippen LogP contribution in [0.2, 0.25) is 5.02 Å². The van der Waals surface area contributed by atoms with E-state index in [1.807, 2.05) is 6.07 Å². The number of nitrogens with zero attached hydrogens (tertiary/aromatic N) is 1. The molecule has 0 amide bonds. The number of ketones is 1. The van der Waals surface area contributed by atoms with Crippen molar-refractivity contribution in [1.82, 2.24) is 0 Å². The number of halogens is 1. The number of aldehydes is 1. The number of rotatable bonds is 2. The molecule has 0 fully saturated rings. The highest BCUT2D eigenvalue weighted by molar-refractivity contribution is 6.35. The molecule has 0 bridgehead atoms. The molecule has 0 saturated carbocycles. The molecule has 0 atom stereocenters. The number of carbonyl (C=O) groups is 2. The second kappa shape index (κ2) is 3.83. The summed E-state index contributed by atoms with van der Waals surface area (Å²) >= 11 is 5.64. The van der Waals surface area contributed by atoms with Crippen molar-refractivity contribution < 1.29 is 9.59 Å². The molecule has 0 N–H and O–H groups in total. The number of Topliss-reactive ketones (excluding diaryl/α,β-unsaturated/α-hetero) is 1. The Morgan fingerprint density at radius 2 is 2.23 bits per heavy atom. The minimum absolute atomic E-state index is 0.176. The predicted octanol–water partition coefficient (Wildman–Crippen LogP) is 1.59. The molecule has 0 spiro atoms. The zero-order valence-electron chi connectivity index (χ0n) is 6.45. The second-order valence-electron chi connectivity index (χ2n) is 2.29. The summed E-state index contributed by atoms with van der Waals surface area (Å²) in [6.45, 7) is 0. The highest BCUT2D eigenvalue weighted by Gasteiger charge is 2.06. The van der Waals surface area contributed by atoms with E-state index < -0.39 is 5.78 Å². The van der Waals surface area contributed by atoms with Crippen molar-refractivity contribution in [3.8, 4) is 6.07 Å². The number of hydrogen-bond donors (Lipinski definition) is 0. The lowest BCUT2D eigenvalue weighted by molar-refractivity contribution is -0.104. The van der Waals surface area contributed by atoms with E-state index in [2.05, 4.69) is 0 Å². The molecular formula is C9H4ClNO2. The summed E-state index contributed by atoms with van der Waals surface area (Å²) in [5, 5.41) is 8.69. The van der Waals surface area contributed by atoms with Crippen LogP contribution < -0.4 is 0 Å². The number of nitriles is 1. The molecule has 13 heavy (non-hydrogen) atoms. The number of hydrogen-bond acceptors (Lipinski definition) is 3. The molecule has 0 heterocycles. The molecule has 0 aliphatic rings. The zero-order valence-corrected chi connectivity index (χ0v) is 7.21. The van der Waals surface area contributed by atoms with Gasteiger partial charge in [-0.15, -0.1) is 0 Å². The van der Waals surface area contributed by atoms with Gasteiger partial charge in [0.2, 0.25) is 5.78 Å². The minimum atomic E-state index is -0.647. The maximum atomic E-state index is 10.9. The largest absolute Gasteiger partial charge is 0.294 e. The number of benzene rings is 1. The highest BCUT2D eigenvalue weighted by atomic mass is 35.5. The van der Waals surface area contributed by atoms with Crippen LogP contribution >= 0.6 is 11.6 Å². The van der Waals surface area contributed by atoms with E-state index in [0.717, 1.165) is 0 Å². The van der Waals surface area contributed by atoms with Gasteiger partial charge in [-0.1, -0.05) is 11.6 Å². The predicted molar refractivity (Wildman–Crippen MR) is 46.6 cm³/mol. The van der Waals surface area contributed by atoms with Crippen LogP contribution in [0.3, 0.4) is 0 Å². The van der Waals surface area contributed by atoms with E-state index in [9.17, 15) is 9.59 Å². The Labute approximate surface area is 79.5 Å². The van der Waals surface area contributed by atoms with Crippen LogP contribution in [0, 0.1) is 11.3 Å². The van der Waals surface area contributed by atoms with E-state index in [1.165, 1.54) is 18.2 Å². The molecular weight excluding hydrogens is 190 g/mol. The maximum absolute atomic E-state index is 10.9. The third kappa shape index (κ3) is 1.92. The van der Waals surface area contributed by atoms with Crippen molar-refractivity contribution in [2.45, 2.75) is 0 Å². The summed E-state index contributed by atoms with van der Waals surface area (Å²) in [6.07, 6.45) is 0.206. The van der Waals surface area contributed by atoms with Gasteiger partial charge in [-0.05, 0) is 18.2 Å². The summed E-state index contributed by atoms with van der Waals surface area (Å²) in [5.74, 6) is -0.647. The van der Waals surface area contributed by atoms with E-state index in [-0.39, 0.29) is 22.4 Å². The Kier molecular flexibility index (Phi) is 2.78. The average molecular weight is 194 g/mol. The normalized spacial score (nSPS) is 8.92. The highest BCUT2D eigenvalue weighted by Crippen LogP contribution is 2.16. The van der Waals surface area contributed by atoms with E-state index in [4.69, 9.17) is 16.9 Å². The van der Waals surface area contributed by atoms with Gasteiger partial charge < -0.3 is 0 Å². The Balaban J connectivity index is 3.18. The average Bonchev–Trinajstić information content (AvgIpc) is 2.16. The molecule has 0 aliphatic heterocycles. The molecule has 0 aromatic heterocycles. The summed E-state index contributed by atoms with van der Waals surface area (Å²) in [6, 6.07) is 5.94. The van der Waals surface area contributed by atoms with Crippen molar-refractivity contribution in [2.75, 3.05) is 0 Å². The Bertz CT molecular complexity index is 407. The summed E-state index contributed by atoms with van der Waals surface area (Å²) in [5.41, 5.74) is 0.475. The van der Waals surface area contributed by atoms with Gasteiger partial charge in [0.25, 0.3) is 0 Å². The molecule has 1 rings (SSSR count). The van der Waals surface area contributed by atoms with Gasteiger partial charge in [0.1, 0.15) is 6.07 Å². The second-order valence-corrected chi connectivity index (χ2v) is 2.70. The summed E-state index contributed by atoms with van der Waals surface area (Å²) in [4.78, 5) is 21.0. The lowest BCUT2D eigenvalue weighted by Gasteiger charge is -1.96. The van der Waals surface area contributed by atoms with E-state index >= 15 is 0 Å². The van der Waals surface area contributed by atoms with Gasteiger partial charge in [0, 0.05) is 5.56 Å². The smallest absolute Gasteiger partial charge is 0.225 e. The van der Waals surface area contributed by atoms with Crippen molar-refractivity contribution in [3.63, 3.8) is 0 Å². The fourth-order valence-corrected chi connectivity index (χ4v) is 1.05. The van der Waals surface area contributed by atoms with Gasteiger partial charge in [-0.3, -0.25) is 9.59 Å². The summed E-state index contributed by atoms with van der Waals surface area (Å²) < 4.78 is 0. The minimum Gasteiger partial charge on any atom is -0.294 e. The standard InChI is InChI=1S/C9H4ClNO2/c10-8-3-6(9(13)5-12)1-2-7(8)4-11/h1-3,5H. The van der Waals surface area contributed by atoms with E-state index in [0.29, 0.717) is 0 Å². The van der Waals surface area contributed by atoms with Gasteiger partial charge in [-0.25, -0.2) is 0 Å². The molecule has 0 unspecified atom stereocenters. The first-order chi connectivity index (χ1) is 6.19. The van der Waals surface area contributed by atoms with Crippen LogP contribution in [0.4, 0.5) is 0 Å². The monoisotopic (exact) mass is 193 g/mol. The zero-order chi connectivity index (χ0) is 9.84. The van der Waals surface area contributed by atoms with Crippen LogP contribution in [-0.2, 0) is 4.79 Å². The van der Waals surface area contributed by atoms with Crippen molar-refractivity contribution in [2.24, 2.45) is 0 Å². The first-order valence-electron chi connectivity index (χ1n) is 3.38. The van der Waals surface area contributed by atoms with Crippen LogP contribution in [0.1, 0.15) is 15.9 Å². The quantitative estimate of drug-likeness (QED) is 0.407. The van der Waals surface area contributed by atoms with Crippen LogP contribution in [0.5, 0.6) is 0 Å². The Hall–Kier alpha value is -1.66. The first-order valence-corrected chi connectivity index (χ1v) is 3.76. The molecule has 64 valence electrons. The van der Waals surface area contributed by atoms with Crippen molar-refractivity contribution in [1.29, 1.82) is 5.26 Å². The van der Waals surface area contributed by atoms with Crippen LogP contribution in [0.15, 0.2) is 18.2 Å². The molecule has 1 aromatic carbocycles. The van der Waals surface area contributed by atoms with Gasteiger partial charge in [-0.2, -0.15) is 5.26 Å². The summed E-state index contributed by atoms with van der Waals surface area (Å²) in [7, 11) is 0. The lowest BCUT2D eigenvalue weighted by atomic mass is 10.1. The molecule has 1 aromatic rings. The molecule has 4 heteroatoms. The topological polar surface area (TPSA) is 57.9 Å². The first kappa shape index (κ1) is 9.43. The van der Waals surface area contributed by atoms with Crippen LogP contribution in [-0.4, -0.2) is 12.1 Å². The van der Waals surface area contributed by atoms with Gasteiger partial charge in [0.05, 0.1) is 10.6 Å². The number of carbonyl (C=O) groups excluding carboxylic acids is 2. The van der Waals surface area contributed by atoms with Gasteiger partial charge >= 0.3 is 0 Å². The van der Waals surface area contributed by atoms with Crippen molar-refractivity contribution >= 4 is 23.7 Å². The molecule has 0 aliphatic carbocycles. The lowest BCUT2D eigenvalue weighted by Crippen LogP contribution is -1.99. The maximum Gasteiger partial charge on any atom is 0.225 e.